The number of nitrogen functional groups attached to an aromatic ring is 1. The first kappa shape index (κ1) is 17.5. The Kier molecular flexibility index (Phi) is 5.40. The molecule has 4 nitrogen and oxygen atoms in total. The lowest BCUT2D eigenvalue weighted by Gasteiger charge is -2.05. The summed E-state index contributed by atoms with van der Waals surface area (Å²) in [5.74, 6) is 1.09. The highest BCUT2D eigenvalue weighted by Crippen LogP contribution is 2.26. The minimum atomic E-state index is -0.257. The molecule has 3 rings (SSSR count). The van der Waals surface area contributed by atoms with E-state index in [1.165, 1.54) is 6.08 Å². The summed E-state index contributed by atoms with van der Waals surface area (Å²) in [5.41, 5.74) is 7.92. The molecule has 0 aliphatic heterocycles. The quantitative estimate of drug-likeness (QED) is 0.386. The SMILES string of the molecule is Nc1ccc(NC(=O)/C=C/c2ccc(-c3ccc(Br)cc3)o2)c(Br)c1. The van der Waals surface area contributed by atoms with E-state index < -0.39 is 0 Å². The predicted molar refractivity (Wildman–Crippen MR) is 108 cm³/mol. The molecule has 0 atom stereocenters. The molecular weight excluding hydrogens is 448 g/mol. The van der Waals surface area contributed by atoms with E-state index >= 15 is 0 Å². The first-order chi connectivity index (χ1) is 12.0. The van der Waals surface area contributed by atoms with Gasteiger partial charge in [-0.2, -0.15) is 0 Å². The molecule has 3 N–H and O–H groups in total. The standard InChI is InChI=1S/C19H14Br2N2O2/c20-13-3-1-12(2-4-13)18-9-6-15(25-18)7-10-19(24)23-17-8-5-14(22)11-16(17)21/h1-11H,22H2,(H,23,24)/b10-7+. The summed E-state index contributed by atoms with van der Waals surface area (Å²) in [6.07, 6.45) is 3.05. The number of nitrogens with one attached hydrogen (secondary N) is 1. The van der Waals surface area contributed by atoms with Crippen LogP contribution in [0.4, 0.5) is 11.4 Å². The maximum Gasteiger partial charge on any atom is 0.248 e. The minimum Gasteiger partial charge on any atom is -0.457 e. The van der Waals surface area contributed by atoms with Crippen molar-refractivity contribution in [3.8, 4) is 11.3 Å². The largest absolute Gasteiger partial charge is 0.457 e. The van der Waals surface area contributed by atoms with Gasteiger partial charge in [0.1, 0.15) is 11.5 Å². The van der Waals surface area contributed by atoms with E-state index in [9.17, 15) is 4.79 Å². The van der Waals surface area contributed by atoms with Crippen molar-refractivity contribution >= 4 is 55.2 Å². The average molecular weight is 462 g/mol. The molecule has 1 heterocycles. The van der Waals surface area contributed by atoms with Gasteiger partial charge in [0.15, 0.2) is 0 Å². The fraction of sp³-hybridized carbons (Fsp3) is 0. The third-order valence-corrected chi connectivity index (χ3v) is 4.59. The van der Waals surface area contributed by atoms with Crippen molar-refractivity contribution in [2.75, 3.05) is 11.1 Å². The van der Waals surface area contributed by atoms with Crippen LogP contribution in [0.2, 0.25) is 0 Å². The van der Waals surface area contributed by atoms with Crippen LogP contribution in [0.25, 0.3) is 17.4 Å². The number of amides is 1. The van der Waals surface area contributed by atoms with Crippen LogP contribution in [0, 0.1) is 0 Å². The molecule has 3 aromatic rings. The lowest BCUT2D eigenvalue weighted by atomic mass is 10.2. The number of furan rings is 1. The molecule has 0 radical (unpaired) electrons. The van der Waals surface area contributed by atoms with Crippen molar-refractivity contribution in [1.29, 1.82) is 0 Å². The second kappa shape index (κ2) is 7.72. The van der Waals surface area contributed by atoms with Crippen LogP contribution in [-0.2, 0) is 4.79 Å². The third-order valence-electron chi connectivity index (χ3n) is 3.41. The Morgan fingerprint density at radius 1 is 1.04 bits per heavy atom. The van der Waals surface area contributed by atoms with E-state index in [0.29, 0.717) is 17.1 Å². The van der Waals surface area contributed by atoms with Gasteiger partial charge in [0, 0.05) is 26.3 Å². The van der Waals surface area contributed by atoms with E-state index in [-0.39, 0.29) is 5.91 Å². The van der Waals surface area contributed by atoms with Crippen molar-refractivity contribution in [3.05, 3.63) is 75.4 Å². The Bertz CT molecular complexity index is 931. The summed E-state index contributed by atoms with van der Waals surface area (Å²) >= 11 is 6.77. The van der Waals surface area contributed by atoms with E-state index in [2.05, 4.69) is 37.2 Å². The number of rotatable bonds is 4. The maximum absolute atomic E-state index is 12.0. The fourth-order valence-electron chi connectivity index (χ4n) is 2.18. The topological polar surface area (TPSA) is 68.3 Å². The molecular formula is C19H14Br2N2O2. The van der Waals surface area contributed by atoms with Gasteiger partial charge in [0.2, 0.25) is 5.91 Å². The van der Waals surface area contributed by atoms with Crippen LogP contribution < -0.4 is 11.1 Å². The molecule has 0 spiro atoms. The van der Waals surface area contributed by atoms with Gasteiger partial charge in [0.05, 0.1) is 5.69 Å². The average Bonchev–Trinajstić information content (AvgIpc) is 3.05. The molecule has 0 saturated carbocycles. The Hall–Kier alpha value is -2.31. The second-order valence-corrected chi connectivity index (χ2v) is 7.04. The highest BCUT2D eigenvalue weighted by atomic mass is 79.9. The summed E-state index contributed by atoms with van der Waals surface area (Å²) in [6, 6.07) is 16.7. The smallest absolute Gasteiger partial charge is 0.248 e. The first-order valence-electron chi connectivity index (χ1n) is 7.41. The van der Waals surface area contributed by atoms with Crippen molar-refractivity contribution in [2.24, 2.45) is 0 Å². The Morgan fingerprint density at radius 2 is 1.80 bits per heavy atom. The second-order valence-electron chi connectivity index (χ2n) is 5.27. The van der Waals surface area contributed by atoms with Crippen molar-refractivity contribution in [3.63, 3.8) is 0 Å². The van der Waals surface area contributed by atoms with Crippen molar-refractivity contribution in [2.45, 2.75) is 0 Å². The number of halogens is 2. The van der Waals surface area contributed by atoms with Gasteiger partial charge in [-0.25, -0.2) is 0 Å². The van der Waals surface area contributed by atoms with Crippen LogP contribution in [0.3, 0.4) is 0 Å². The van der Waals surface area contributed by atoms with Gasteiger partial charge in [0.25, 0.3) is 0 Å². The highest BCUT2D eigenvalue weighted by molar-refractivity contribution is 9.10. The molecule has 1 aromatic heterocycles. The zero-order valence-corrected chi connectivity index (χ0v) is 16.2. The Morgan fingerprint density at radius 3 is 2.52 bits per heavy atom. The van der Waals surface area contributed by atoms with Gasteiger partial charge in [-0.05, 0) is 64.5 Å². The maximum atomic E-state index is 12.0. The summed E-state index contributed by atoms with van der Waals surface area (Å²) in [6.45, 7) is 0. The number of benzene rings is 2. The molecule has 0 bridgehead atoms. The normalized spacial score (nSPS) is 11.0. The highest BCUT2D eigenvalue weighted by Gasteiger charge is 2.05. The van der Waals surface area contributed by atoms with Crippen LogP contribution in [-0.4, -0.2) is 5.91 Å². The molecule has 0 aliphatic rings. The number of hydrogen-bond donors (Lipinski definition) is 2. The van der Waals surface area contributed by atoms with Crippen molar-refractivity contribution < 1.29 is 9.21 Å². The van der Waals surface area contributed by atoms with Gasteiger partial charge < -0.3 is 15.5 Å². The molecule has 126 valence electrons. The summed E-state index contributed by atoms with van der Waals surface area (Å²) in [7, 11) is 0. The van der Waals surface area contributed by atoms with Crippen LogP contribution >= 0.6 is 31.9 Å². The molecule has 1 amide bonds. The van der Waals surface area contributed by atoms with E-state index in [0.717, 1.165) is 20.3 Å². The zero-order chi connectivity index (χ0) is 17.8. The molecule has 2 aromatic carbocycles. The third kappa shape index (κ3) is 4.61. The molecule has 0 saturated heterocycles. The molecule has 0 unspecified atom stereocenters. The minimum absolute atomic E-state index is 0.257. The van der Waals surface area contributed by atoms with Gasteiger partial charge in [-0.1, -0.05) is 28.1 Å². The number of carbonyl (C=O) groups excluding carboxylic acids is 1. The Labute approximate surface area is 162 Å². The lowest BCUT2D eigenvalue weighted by molar-refractivity contribution is -0.111. The van der Waals surface area contributed by atoms with Crippen LogP contribution in [0.1, 0.15) is 5.76 Å². The van der Waals surface area contributed by atoms with Crippen molar-refractivity contribution in [1.82, 2.24) is 0 Å². The molecule has 25 heavy (non-hydrogen) atoms. The summed E-state index contributed by atoms with van der Waals surface area (Å²) in [5, 5.41) is 2.78. The van der Waals surface area contributed by atoms with E-state index in [1.54, 1.807) is 24.3 Å². The number of carbonyl (C=O) groups is 1. The molecule has 6 heteroatoms. The Balaban J connectivity index is 1.67. The number of anilines is 2. The van der Waals surface area contributed by atoms with Gasteiger partial charge in [-0.15, -0.1) is 0 Å². The van der Waals surface area contributed by atoms with Gasteiger partial charge >= 0.3 is 0 Å². The number of nitrogens with two attached hydrogens (primary N) is 1. The summed E-state index contributed by atoms with van der Waals surface area (Å²) in [4.78, 5) is 12.0. The molecule has 0 fully saturated rings. The van der Waals surface area contributed by atoms with Crippen LogP contribution in [0.5, 0.6) is 0 Å². The van der Waals surface area contributed by atoms with Gasteiger partial charge in [-0.3, -0.25) is 4.79 Å². The van der Waals surface area contributed by atoms with Crippen LogP contribution in [0.15, 0.2) is 74.0 Å². The predicted octanol–water partition coefficient (Wildman–Crippen LogP) is 5.71. The van der Waals surface area contributed by atoms with E-state index in [4.69, 9.17) is 10.2 Å². The molecule has 0 aliphatic carbocycles. The fourth-order valence-corrected chi connectivity index (χ4v) is 2.94. The van der Waals surface area contributed by atoms with E-state index in [1.807, 2.05) is 36.4 Å². The first-order valence-corrected chi connectivity index (χ1v) is 9.00. The monoisotopic (exact) mass is 460 g/mol. The zero-order valence-electron chi connectivity index (χ0n) is 13.0. The lowest BCUT2D eigenvalue weighted by Crippen LogP contribution is -2.08. The summed E-state index contributed by atoms with van der Waals surface area (Å²) < 4.78 is 7.48. The number of hydrogen-bond acceptors (Lipinski definition) is 3.